The molecule has 1 rings (SSSR count). The Hall–Kier alpha value is -1.07. The molecule has 4 nitrogen and oxygen atoms in total. The molecule has 1 aromatic rings. The molecule has 0 saturated heterocycles. The quantitative estimate of drug-likeness (QED) is 0.806. The molecule has 0 aliphatic heterocycles. The number of amides is 1. The van der Waals surface area contributed by atoms with Crippen molar-refractivity contribution < 1.29 is 4.79 Å². The Kier molecular flexibility index (Phi) is 6.87. The van der Waals surface area contributed by atoms with Gasteiger partial charge in [0.05, 0.1) is 6.54 Å². The molecule has 0 heterocycles. The van der Waals surface area contributed by atoms with Crippen molar-refractivity contribution in [2.24, 2.45) is 0 Å². The van der Waals surface area contributed by atoms with Gasteiger partial charge in [-0.15, -0.1) is 0 Å². The molecule has 2 N–H and O–H groups in total. The SMILES string of the molecule is CCNC(=O)CN(CC)c1cc(Br)ccc1CNC. The van der Waals surface area contributed by atoms with E-state index in [0.717, 1.165) is 23.2 Å². The predicted molar refractivity (Wildman–Crippen MR) is 83.5 cm³/mol. The number of carbonyl (C=O) groups is 1. The van der Waals surface area contributed by atoms with Crippen LogP contribution in [0.4, 0.5) is 5.69 Å². The number of hydrogen-bond acceptors (Lipinski definition) is 3. The normalized spacial score (nSPS) is 10.3. The summed E-state index contributed by atoms with van der Waals surface area (Å²) in [4.78, 5) is 13.8. The summed E-state index contributed by atoms with van der Waals surface area (Å²) < 4.78 is 1.02. The van der Waals surface area contributed by atoms with Gasteiger partial charge in [0.1, 0.15) is 0 Å². The van der Waals surface area contributed by atoms with Crippen LogP contribution in [0.15, 0.2) is 22.7 Å². The molecule has 0 aromatic heterocycles. The van der Waals surface area contributed by atoms with Crippen LogP contribution in [0, 0.1) is 0 Å². The molecule has 0 atom stereocenters. The fraction of sp³-hybridized carbons (Fsp3) is 0.500. The Balaban J connectivity index is 2.95. The van der Waals surface area contributed by atoms with E-state index in [4.69, 9.17) is 0 Å². The number of rotatable bonds is 7. The van der Waals surface area contributed by atoms with Crippen molar-refractivity contribution in [3.8, 4) is 0 Å². The maximum absolute atomic E-state index is 11.8. The molecule has 5 heteroatoms. The Labute approximate surface area is 123 Å². The maximum atomic E-state index is 11.8. The van der Waals surface area contributed by atoms with Crippen molar-refractivity contribution in [3.63, 3.8) is 0 Å². The fourth-order valence-corrected chi connectivity index (χ4v) is 2.31. The highest BCUT2D eigenvalue weighted by atomic mass is 79.9. The van der Waals surface area contributed by atoms with E-state index in [-0.39, 0.29) is 5.91 Å². The molecule has 1 aromatic carbocycles. The van der Waals surface area contributed by atoms with Crippen LogP contribution in [-0.4, -0.2) is 32.6 Å². The van der Waals surface area contributed by atoms with Crippen LogP contribution in [0.2, 0.25) is 0 Å². The molecule has 106 valence electrons. The van der Waals surface area contributed by atoms with Gasteiger partial charge >= 0.3 is 0 Å². The fourth-order valence-electron chi connectivity index (χ4n) is 1.97. The number of nitrogens with one attached hydrogen (secondary N) is 2. The molecule has 0 saturated carbocycles. The molecular weight excluding hydrogens is 306 g/mol. The Morgan fingerprint density at radius 3 is 2.68 bits per heavy atom. The van der Waals surface area contributed by atoms with Crippen LogP contribution in [0.3, 0.4) is 0 Å². The van der Waals surface area contributed by atoms with Crippen LogP contribution < -0.4 is 15.5 Å². The summed E-state index contributed by atoms with van der Waals surface area (Å²) >= 11 is 3.49. The van der Waals surface area contributed by atoms with E-state index in [2.05, 4.69) is 50.5 Å². The second kappa shape index (κ2) is 8.17. The van der Waals surface area contributed by atoms with Gasteiger partial charge in [0.2, 0.25) is 5.91 Å². The summed E-state index contributed by atoms with van der Waals surface area (Å²) in [7, 11) is 1.92. The van der Waals surface area contributed by atoms with Crippen molar-refractivity contribution in [2.45, 2.75) is 20.4 Å². The first-order chi connectivity index (χ1) is 9.12. The lowest BCUT2D eigenvalue weighted by molar-refractivity contribution is -0.119. The molecular formula is C14H22BrN3O. The predicted octanol–water partition coefficient (Wildman–Crippen LogP) is 2.13. The van der Waals surface area contributed by atoms with Gasteiger partial charge in [-0.25, -0.2) is 0 Å². The standard InChI is InChI=1S/C14H22BrN3O/c1-4-17-14(19)10-18(5-2)13-8-12(15)7-6-11(13)9-16-3/h6-8,16H,4-5,9-10H2,1-3H3,(H,17,19). The molecule has 0 fully saturated rings. The van der Waals surface area contributed by atoms with Crippen molar-refractivity contribution in [1.29, 1.82) is 0 Å². The van der Waals surface area contributed by atoms with Crippen LogP contribution >= 0.6 is 15.9 Å². The van der Waals surface area contributed by atoms with Crippen molar-refractivity contribution in [2.75, 3.05) is 31.6 Å². The topological polar surface area (TPSA) is 44.4 Å². The van der Waals surface area contributed by atoms with Gasteiger partial charge in [0.15, 0.2) is 0 Å². The summed E-state index contributed by atoms with van der Waals surface area (Å²) in [6.07, 6.45) is 0. The highest BCUT2D eigenvalue weighted by Crippen LogP contribution is 2.25. The largest absolute Gasteiger partial charge is 0.362 e. The van der Waals surface area contributed by atoms with Crippen molar-refractivity contribution in [3.05, 3.63) is 28.2 Å². The average Bonchev–Trinajstić information content (AvgIpc) is 2.39. The van der Waals surface area contributed by atoms with Crippen LogP contribution in [0.25, 0.3) is 0 Å². The number of likely N-dealkylation sites (N-methyl/N-ethyl adjacent to an activating group) is 2. The zero-order valence-corrected chi connectivity index (χ0v) is 13.4. The van der Waals surface area contributed by atoms with E-state index < -0.39 is 0 Å². The van der Waals surface area contributed by atoms with Gasteiger partial charge in [-0.2, -0.15) is 0 Å². The van der Waals surface area contributed by atoms with E-state index >= 15 is 0 Å². The average molecular weight is 328 g/mol. The molecule has 0 unspecified atom stereocenters. The minimum atomic E-state index is 0.0553. The highest BCUT2D eigenvalue weighted by molar-refractivity contribution is 9.10. The highest BCUT2D eigenvalue weighted by Gasteiger charge is 2.13. The molecule has 0 spiro atoms. The van der Waals surface area contributed by atoms with E-state index in [9.17, 15) is 4.79 Å². The Bertz CT molecular complexity index is 423. The summed E-state index contributed by atoms with van der Waals surface area (Å²) in [6, 6.07) is 6.17. The molecule has 0 aliphatic rings. The van der Waals surface area contributed by atoms with Gasteiger partial charge in [-0.1, -0.05) is 22.0 Å². The van der Waals surface area contributed by atoms with E-state index in [0.29, 0.717) is 13.1 Å². The summed E-state index contributed by atoms with van der Waals surface area (Å²) in [5.41, 5.74) is 2.29. The smallest absolute Gasteiger partial charge is 0.239 e. The maximum Gasteiger partial charge on any atom is 0.239 e. The first-order valence-corrected chi connectivity index (χ1v) is 7.36. The molecule has 0 bridgehead atoms. The minimum absolute atomic E-state index is 0.0553. The third-order valence-corrected chi connectivity index (χ3v) is 3.34. The molecule has 1 amide bonds. The number of hydrogen-bond donors (Lipinski definition) is 2. The van der Waals surface area contributed by atoms with Gasteiger partial charge in [0, 0.05) is 29.8 Å². The number of halogens is 1. The summed E-state index contributed by atoms with van der Waals surface area (Å²) in [6.45, 7) is 6.62. The summed E-state index contributed by atoms with van der Waals surface area (Å²) in [5, 5.41) is 6.00. The van der Waals surface area contributed by atoms with Gasteiger partial charge < -0.3 is 15.5 Å². The number of carbonyl (C=O) groups excluding carboxylic acids is 1. The van der Waals surface area contributed by atoms with Crippen LogP contribution in [0.1, 0.15) is 19.4 Å². The lowest BCUT2D eigenvalue weighted by Gasteiger charge is -2.25. The van der Waals surface area contributed by atoms with Crippen molar-refractivity contribution >= 4 is 27.5 Å². The van der Waals surface area contributed by atoms with Crippen LogP contribution in [-0.2, 0) is 11.3 Å². The van der Waals surface area contributed by atoms with Gasteiger partial charge in [-0.3, -0.25) is 4.79 Å². The first kappa shape index (κ1) is 16.0. The number of anilines is 1. The van der Waals surface area contributed by atoms with Gasteiger partial charge in [0.25, 0.3) is 0 Å². The van der Waals surface area contributed by atoms with Crippen molar-refractivity contribution in [1.82, 2.24) is 10.6 Å². The van der Waals surface area contributed by atoms with Gasteiger partial charge in [-0.05, 0) is 38.6 Å². The third-order valence-electron chi connectivity index (χ3n) is 2.85. The van der Waals surface area contributed by atoms with E-state index in [1.54, 1.807) is 0 Å². The monoisotopic (exact) mass is 327 g/mol. The van der Waals surface area contributed by atoms with Crippen LogP contribution in [0.5, 0.6) is 0 Å². The van der Waals surface area contributed by atoms with E-state index in [1.807, 2.05) is 20.0 Å². The Morgan fingerprint density at radius 1 is 1.37 bits per heavy atom. The lowest BCUT2D eigenvalue weighted by Crippen LogP contribution is -2.37. The second-order valence-electron chi connectivity index (χ2n) is 4.27. The lowest BCUT2D eigenvalue weighted by atomic mass is 10.1. The van der Waals surface area contributed by atoms with E-state index in [1.165, 1.54) is 5.56 Å². The second-order valence-corrected chi connectivity index (χ2v) is 5.19. The first-order valence-electron chi connectivity index (χ1n) is 6.57. The summed E-state index contributed by atoms with van der Waals surface area (Å²) in [5.74, 6) is 0.0553. The zero-order valence-electron chi connectivity index (χ0n) is 11.8. The Morgan fingerprint density at radius 2 is 2.11 bits per heavy atom. The third kappa shape index (κ3) is 4.84. The minimum Gasteiger partial charge on any atom is -0.362 e. The molecule has 0 aliphatic carbocycles. The number of nitrogens with zero attached hydrogens (tertiary/aromatic N) is 1. The molecule has 19 heavy (non-hydrogen) atoms. The zero-order chi connectivity index (χ0) is 14.3. The number of benzene rings is 1. The molecule has 0 radical (unpaired) electrons.